The summed E-state index contributed by atoms with van der Waals surface area (Å²) in [7, 11) is 0. The molecule has 0 amide bonds. The van der Waals surface area contributed by atoms with Crippen molar-refractivity contribution in [2.24, 2.45) is 0 Å². The van der Waals surface area contributed by atoms with Gasteiger partial charge in [0.2, 0.25) is 0 Å². The van der Waals surface area contributed by atoms with Crippen molar-refractivity contribution >= 4 is 48.9 Å². The predicted octanol–water partition coefficient (Wildman–Crippen LogP) is -1.04. The average molecular weight is 262 g/mol. The molecule has 0 saturated carbocycles. The van der Waals surface area contributed by atoms with Gasteiger partial charge in [0.25, 0.3) is 0 Å². The molecule has 0 aromatic rings. The van der Waals surface area contributed by atoms with Crippen molar-refractivity contribution in [3.8, 4) is 0 Å². The van der Waals surface area contributed by atoms with Crippen LogP contribution in [0.4, 0.5) is 0 Å². The van der Waals surface area contributed by atoms with E-state index in [1.54, 1.807) is 0 Å². The second-order valence-corrected chi connectivity index (χ2v) is 0. The Morgan fingerprint density at radius 3 is 1.25 bits per heavy atom. The second kappa shape index (κ2) is 17.6. The fourth-order valence-electron chi connectivity index (χ4n) is 0. The summed E-state index contributed by atoms with van der Waals surface area (Å²) in [6, 6.07) is 0. The van der Waals surface area contributed by atoms with Crippen molar-refractivity contribution in [2.45, 2.75) is 0 Å². The summed E-state index contributed by atoms with van der Waals surface area (Å²) in [6.45, 7) is 0. The normalized spacial score (nSPS) is 0.750. The van der Waals surface area contributed by atoms with Crippen molar-refractivity contribution in [2.75, 3.05) is 0 Å². The Kier molecular flexibility index (Phi) is 70.3. The van der Waals surface area contributed by atoms with Gasteiger partial charge in [-0.1, -0.05) is 0 Å². The molecule has 24 valence electrons. The number of hydrogen-bond donors (Lipinski definition) is 0. The maximum atomic E-state index is 8.25. The van der Waals surface area contributed by atoms with Crippen molar-refractivity contribution in [3.05, 3.63) is 0 Å². The topological polar surface area (TPSA) is 17.1 Å². The molecule has 0 fully saturated rings. The van der Waals surface area contributed by atoms with Gasteiger partial charge in [-0.05, 0) is 0 Å². The Balaban J connectivity index is -0.00000000500. The molecule has 1 nitrogen and oxygen atoms in total. The van der Waals surface area contributed by atoms with Gasteiger partial charge in [0.05, 0.1) is 0 Å². The first kappa shape index (κ1) is 16.0. The summed E-state index contributed by atoms with van der Waals surface area (Å²) in [5.41, 5.74) is 0. The van der Waals surface area contributed by atoms with Gasteiger partial charge in [0, 0.05) is 16.5 Å². The van der Waals surface area contributed by atoms with E-state index in [0.717, 1.165) is 20.4 Å². The Hall–Kier alpha value is 2.58. The zero-order chi connectivity index (χ0) is 2.00. The van der Waals surface area contributed by atoms with Crippen molar-refractivity contribution in [3.63, 3.8) is 0 Å². The van der Waals surface area contributed by atoms with E-state index in [1.165, 1.54) is 0 Å². The first-order valence-electron chi connectivity index (χ1n) is 0.204. The molecule has 0 atom stereocenters. The van der Waals surface area contributed by atoms with Crippen LogP contribution >= 0.6 is 0 Å². The molecule has 0 aliphatic heterocycles. The second-order valence-electron chi connectivity index (χ2n) is 0. The van der Waals surface area contributed by atoms with Gasteiger partial charge in [-0.25, -0.2) is 0 Å². The first-order valence-corrected chi connectivity index (χ1v) is 0.842. The quantitative estimate of drug-likeness (QED) is 0.510. The fourth-order valence-corrected chi connectivity index (χ4v) is 0. The van der Waals surface area contributed by atoms with Crippen LogP contribution in [-0.2, 0) is 40.2 Å². The third-order valence-electron chi connectivity index (χ3n) is 0. The minimum absolute atomic E-state index is 0. The van der Waals surface area contributed by atoms with Crippen LogP contribution in [0.25, 0.3) is 0 Å². The zero-order valence-electron chi connectivity index (χ0n) is 1.22. The summed E-state index contributed by atoms with van der Waals surface area (Å²) >= 11 is 0.750. The standard InChI is InChI=1S/Ba.Ni.O.Ti.2H. The molecule has 0 rings (SSSR count). The zero-order valence-corrected chi connectivity index (χ0v) is 3.77. The third-order valence-corrected chi connectivity index (χ3v) is 0. The summed E-state index contributed by atoms with van der Waals surface area (Å²) in [5.74, 6) is 0. The molecule has 0 unspecified atom stereocenters. The third kappa shape index (κ3) is 8.82. The Morgan fingerprint density at radius 1 is 1.25 bits per heavy atom. The molecule has 0 saturated heterocycles. The molecule has 4 heteroatoms. The van der Waals surface area contributed by atoms with Crippen LogP contribution in [-0.4, -0.2) is 48.9 Å². The van der Waals surface area contributed by atoms with Gasteiger partial charge in [0.1, 0.15) is 0 Å². The van der Waals surface area contributed by atoms with Crippen molar-refractivity contribution < 1.29 is 40.2 Å². The van der Waals surface area contributed by atoms with Gasteiger partial charge in [-0.3, -0.25) is 0 Å². The molecule has 0 N–H and O–H groups in total. The molecule has 0 radical (unpaired) electrons. The molecule has 0 heterocycles. The maximum absolute atomic E-state index is 8.25. The predicted molar refractivity (Wildman–Crippen MR) is 9.23 cm³/mol. The summed E-state index contributed by atoms with van der Waals surface area (Å²) < 4.78 is 8.25. The molecule has 0 aromatic heterocycles. The van der Waals surface area contributed by atoms with Crippen LogP contribution in [0.5, 0.6) is 0 Å². The van der Waals surface area contributed by atoms with E-state index in [4.69, 9.17) is 3.32 Å². The average Bonchev–Trinajstić information content (AvgIpc) is 1.00. The monoisotopic (exact) mass is 262 g/mol. The van der Waals surface area contributed by atoms with E-state index in [9.17, 15) is 0 Å². The molecule has 0 bridgehead atoms. The number of rotatable bonds is 0. The van der Waals surface area contributed by atoms with Gasteiger partial charge in [0.15, 0.2) is 0 Å². The Bertz CT molecular complexity index is 8.00. The molecule has 0 aliphatic carbocycles. The molecule has 0 aromatic carbocycles. The van der Waals surface area contributed by atoms with Crippen LogP contribution < -0.4 is 0 Å². The summed E-state index contributed by atoms with van der Waals surface area (Å²) in [5, 5.41) is 0. The van der Waals surface area contributed by atoms with E-state index in [-0.39, 0.29) is 65.4 Å². The van der Waals surface area contributed by atoms with E-state index < -0.39 is 0 Å². The Morgan fingerprint density at radius 2 is 1.25 bits per heavy atom. The summed E-state index contributed by atoms with van der Waals surface area (Å²) in [6.07, 6.45) is 0. The van der Waals surface area contributed by atoms with E-state index in [2.05, 4.69) is 0 Å². The molecule has 4 heavy (non-hydrogen) atoms. The fraction of sp³-hybridized carbons (Fsp3) is 0. The van der Waals surface area contributed by atoms with Crippen LogP contribution in [0.1, 0.15) is 0 Å². The van der Waals surface area contributed by atoms with Crippen LogP contribution in [0.15, 0.2) is 0 Å². The summed E-state index contributed by atoms with van der Waals surface area (Å²) in [4.78, 5) is 0. The SMILES string of the molecule is [BaH2].[Ni].[O]=[Ti]. The Labute approximate surface area is 87.0 Å². The molecule has 0 spiro atoms. The van der Waals surface area contributed by atoms with Gasteiger partial charge >= 0.3 is 72.6 Å². The van der Waals surface area contributed by atoms with Crippen LogP contribution in [0.3, 0.4) is 0 Å². The van der Waals surface area contributed by atoms with Gasteiger partial charge in [-0.2, -0.15) is 0 Å². The first-order chi connectivity index (χ1) is 1.00. The van der Waals surface area contributed by atoms with E-state index in [0.29, 0.717) is 0 Å². The number of hydrogen-bond acceptors (Lipinski definition) is 1. The molecular formula is H2BaNiOTi. The van der Waals surface area contributed by atoms with Crippen LogP contribution in [0.2, 0.25) is 0 Å². The van der Waals surface area contributed by atoms with E-state index >= 15 is 0 Å². The van der Waals surface area contributed by atoms with Crippen molar-refractivity contribution in [1.29, 1.82) is 0 Å². The van der Waals surface area contributed by atoms with Crippen molar-refractivity contribution in [1.82, 2.24) is 0 Å². The molecule has 0 aliphatic rings. The van der Waals surface area contributed by atoms with Crippen LogP contribution in [0, 0.1) is 0 Å². The van der Waals surface area contributed by atoms with E-state index in [1.807, 2.05) is 0 Å². The van der Waals surface area contributed by atoms with Gasteiger partial charge in [-0.15, -0.1) is 0 Å². The minimum atomic E-state index is 0. The van der Waals surface area contributed by atoms with Gasteiger partial charge < -0.3 is 0 Å². The molecular weight excluding hydrogens is 260 g/mol.